The Morgan fingerprint density at radius 2 is 1.46 bits per heavy atom. The minimum absolute atomic E-state index is 0.0418. The largest absolute Gasteiger partial charge is 0.463 e. The Kier molecular flexibility index (Phi) is 7.71. The molecule has 13 heteroatoms. The molecule has 3 aromatic rings. The van der Waals surface area contributed by atoms with Crippen LogP contribution in [0, 0.1) is 0 Å². The fourth-order valence-corrected chi connectivity index (χ4v) is 3.39. The summed E-state index contributed by atoms with van der Waals surface area (Å²) in [6.45, 7) is 0.420. The van der Waals surface area contributed by atoms with Gasteiger partial charge >= 0.3 is 5.97 Å². The van der Waals surface area contributed by atoms with Crippen molar-refractivity contribution in [3.05, 3.63) is 47.9 Å². The number of carbonyl (C=O) groups excluding carboxylic acids is 4. The number of ether oxygens (including phenoxy) is 1. The number of nitrogens with one attached hydrogen (secondary N) is 3. The molecule has 5 N–H and O–H groups in total. The van der Waals surface area contributed by atoms with Crippen LogP contribution in [0.25, 0.3) is 0 Å². The molecule has 0 bridgehead atoms. The summed E-state index contributed by atoms with van der Waals surface area (Å²) in [6, 6.07) is 3.07. The number of imidazole rings is 1. The zero-order valence-corrected chi connectivity index (χ0v) is 19.9. The molecule has 0 atom stereocenters. The molecular weight excluding hydrogens is 456 g/mol. The van der Waals surface area contributed by atoms with E-state index in [9.17, 15) is 19.2 Å². The molecule has 0 aromatic carbocycles. The molecule has 0 unspecified atom stereocenters. The molecule has 3 aromatic heterocycles. The summed E-state index contributed by atoms with van der Waals surface area (Å²) in [4.78, 5) is 53.2. The normalized spacial score (nSPS) is 10.7. The van der Waals surface area contributed by atoms with Crippen molar-refractivity contribution in [3.8, 4) is 0 Å². The number of esters is 1. The summed E-state index contributed by atoms with van der Waals surface area (Å²) in [7, 11) is 6.18. The quantitative estimate of drug-likeness (QED) is 0.329. The van der Waals surface area contributed by atoms with Crippen LogP contribution in [0.4, 0.5) is 17.2 Å². The number of carbonyl (C=O) groups is 4. The number of anilines is 3. The van der Waals surface area contributed by atoms with Crippen LogP contribution in [-0.4, -0.2) is 56.0 Å². The molecule has 0 radical (unpaired) electrons. The highest BCUT2D eigenvalue weighted by molar-refractivity contribution is 6.07. The molecule has 0 saturated heterocycles. The molecule has 0 spiro atoms. The van der Waals surface area contributed by atoms with Gasteiger partial charge in [-0.2, -0.15) is 0 Å². The van der Waals surface area contributed by atoms with Gasteiger partial charge in [-0.3, -0.25) is 14.4 Å². The lowest BCUT2D eigenvalue weighted by molar-refractivity contribution is -0.116. The van der Waals surface area contributed by atoms with Gasteiger partial charge in [-0.05, 0) is 25.1 Å². The molecule has 0 saturated carbocycles. The molecule has 0 fully saturated rings. The van der Waals surface area contributed by atoms with Gasteiger partial charge in [0, 0.05) is 46.2 Å². The summed E-state index contributed by atoms with van der Waals surface area (Å²) in [6.07, 6.45) is 5.57. The number of hydrogen-bond acceptors (Lipinski definition) is 7. The van der Waals surface area contributed by atoms with E-state index in [4.69, 9.17) is 5.73 Å². The lowest BCUT2D eigenvalue weighted by Crippen LogP contribution is -2.16. The number of aromatic nitrogens is 4. The van der Waals surface area contributed by atoms with Crippen molar-refractivity contribution in [1.82, 2.24) is 18.7 Å². The zero-order chi connectivity index (χ0) is 25.7. The molecule has 0 aliphatic carbocycles. The second-order valence-corrected chi connectivity index (χ2v) is 7.85. The molecular formula is C22H28N8O5. The number of hydrogen-bond donors (Lipinski definition) is 4. The first kappa shape index (κ1) is 25.2. The van der Waals surface area contributed by atoms with Gasteiger partial charge in [0.15, 0.2) is 5.82 Å². The Bertz CT molecular complexity index is 1270. The molecule has 0 aliphatic rings. The standard InChI is InChI=1S/C22H28N8O5/c1-28-10-13(24-18(31)6-5-7-23)8-15(28)20(32)25-14-9-16(29(2)11-14)21(33)27-17-12-30(3)19(26-17)22(34)35-4/h8-12H,5-7,23H2,1-4H3,(H,24,31)(H,25,32)(H,27,33). The maximum absolute atomic E-state index is 12.8. The van der Waals surface area contributed by atoms with E-state index >= 15 is 0 Å². The number of amides is 3. The smallest absolute Gasteiger partial charge is 0.374 e. The van der Waals surface area contributed by atoms with Crippen LogP contribution < -0.4 is 21.7 Å². The average molecular weight is 485 g/mol. The van der Waals surface area contributed by atoms with Crippen molar-refractivity contribution in [2.45, 2.75) is 12.8 Å². The Labute approximate surface area is 201 Å². The van der Waals surface area contributed by atoms with E-state index < -0.39 is 17.8 Å². The zero-order valence-electron chi connectivity index (χ0n) is 19.9. The molecule has 186 valence electrons. The third kappa shape index (κ3) is 5.95. The number of rotatable bonds is 9. The van der Waals surface area contributed by atoms with Gasteiger partial charge < -0.3 is 40.1 Å². The fraction of sp³-hybridized carbons (Fsp3) is 0.318. The van der Waals surface area contributed by atoms with Crippen LogP contribution in [0.3, 0.4) is 0 Å². The predicted molar refractivity (Wildman–Crippen MR) is 128 cm³/mol. The maximum atomic E-state index is 12.8. The lowest BCUT2D eigenvalue weighted by Gasteiger charge is -2.03. The van der Waals surface area contributed by atoms with E-state index in [-0.39, 0.29) is 23.2 Å². The second kappa shape index (κ2) is 10.7. The van der Waals surface area contributed by atoms with Gasteiger partial charge in [-0.15, -0.1) is 0 Å². The van der Waals surface area contributed by atoms with E-state index in [1.54, 1.807) is 48.7 Å². The summed E-state index contributed by atoms with van der Waals surface area (Å²) in [5.74, 6) is -1.49. The molecule has 13 nitrogen and oxygen atoms in total. The van der Waals surface area contributed by atoms with Crippen molar-refractivity contribution in [2.24, 2.45) is 26.9 Å². The molecule has 35 heavy (non-hydrogen) atoms. The molecule has 0 aliphatic heterocycles. The first-order chi connectivity index (χ1) is 16.6. The van der Waals surface area contributed by atoms with Crippen molar-refractivity contribution >= 4 is 40.9 Å². The summed E-state index contributed by atoms with van der Waals surface area (Å²) in [5, 5.41) is 8.10. The van der Waals surface area contributed by atoms with E-state index in [1.165, 1.54) is 23.9 Å². The van der Waals surface area contributed by atoms with Crippen LogP contribution >= 0.6 is 0 Å². The van der Waals surface area contributed by atoms with Crippen molar-refractivity contribution < 1.29 is 23.9 Å². The second-order valence-electron chi connectivity index (χ2n) is 7.85. The van der Waals surface area contributed by atoms with Crippen molar-refractivity contribution in [3.63, 3.8) is 0 Å². The van der Waals surface area contributed by atoms with Crippen molar-refractivity contribution in [2.75, 3.05) is 29.6 Å². The van der Waals surface area contributed by atoms with Crippen LogP contribution in [0.2, 0.25) is 0 Å². The highest BCUT2D eigenvalue weighted by Crippen LogP contribution is 2.19. The molecule has 3 amide bonds. The predicted octanol–water partition coefficient (Wildman–Crippen LogP) is 1.07. The Balaban J connectivity index is 1.68. The fourth-order valence-electron chi connectivity index (χ4n) is 3.39. The first-order valence-corrected chi connectivity index (χ1v) is 10.7. The topological polar surface area (TPSA) is 167 Å². The number of methoxy groups -OCH3 is 1. The Morgan fingerprint density at radius 1 is 0.886 bits per heavy atom. The SMILES string of the molecule is COC(=O)c1nc(NC(=O)c2cc(NC(=O)c3cc(NC(=O)CCCN)cn3C)cn2C)cn1C. The van der Waals surface area contributed by atoms with E-state index in [1.807, 2.05) is 0 Å². The van der Waals surface area contributed by atoms with Gasteiger partial charge in [0.1, 0.15) is 11.4 Å². The summed E-state index contributed by atoms with van der Waals surface area (Å²) in [5.41, 5.74) is 6.88. The van der Waals surface area contributed by atoms with Crippen LogP contribution in [0.15, 0.2) is 30.7 Å². The lowest BCUT2D eigenvalue weighted by atomic mass is 10.3. The summed E-state index contributed by atoms with van der Waals surface area (Å²) >= 11 is 0. The van der Waals surface area contributed by atoms with Gasteiger partial charge in [-0.1, -0.05) is 0 Å². The minimum Gasteiger partial charge on any atom is -0.463 e. The van der Waals surface area contributed by atoms with Gasteiger partial charge in [0.2, 0.25) is 11.7 Å². The van der Waals surface area contributed by atoms with Crippen molar-refractivity contribution in [1.29, 1.82) is 0 Å². The third-order valence-electron chi connectivity index (χ3n) is 5.11. The maximum Gasteiger partial charge on any atom is 0.374 e. The highest BCUT2D eigenvalue weighted by Gasteiger charge is 2.19. The number of nitrogens with two attached hydrogens (primary N) is 1. The third-order valence-corrected chi connectivity index (χ3v) is 5.11. The van der Waals surface area contributed by atoms with Crippen LogP contribution in [0.1, 0.15) is 44.4 Å². The average Bonchev–Trinajstić information content (AvgIpc) is 3.47. The Hall–Kier alpha value is -4.39. The van der Waals surface area contributed by atoms with Gasteiger partial charge in [-0.25, -0.2) is 9.78 Å². The monoisotopic (exact) mass is 484 g/mol. The number of nitrogens with zero attached hydrogens (tertiary/aromatic N) is 4. The Morgan fingerprint density at radius 3 is 2.03 bits per heavy atom. The molecule has 3 heterocycles. The highest BCUT2D eigenvalue weighted by atomic mass is 16.5. The number of aryl methyl sites for hydroxylation is 3. The molecule has 3 rings (SSSR count). The summed E-state index contributed by atoms with van der Waals surface area (Å²) < 4.78 is 9.22. The van der Waals surface area contributed by atoms with E-state index in [0.717, 1.165) is 0 Å². The van der Waals surface area contributed by atoms with E-state index in [2.05, 4.69) is 25.7 Å². The van der Waals surface area contributed by atoms with Crippen LogP contribution in [-0.2, 0) is 30.7 Å². The van der Waals surface area contributed by atoms with E-state index in [0.29, 0.717) is 36.5 Å². The minimum atomic E-state index is -0.629. The van der Waals surface area contributed by atoms with Crippen LogP contribution in [0.5, 0.6) is 0 Å². The first-order valence-electron chi connectivity index (χ1n) is 10.7. The van der Waals surface area contributed by atoms with Gasteiger partial charge in [0.25, 0.3) is 11.8 Å². The van der Waals surface area contributed by atoms with Gasteiger partial charge in [0.05, 0.1) is 18.5 Å².